The van der Waals surface area contributed by atoms with Crippen LogP contribution in [0.3, 0.4) is 0 Å². The average Bonchev–Trinajstić information content (AvgIpc) is 2.84. The average molecular weight is 538 g/mol. The molecule has 11 nitrogen and oxygen atoms in total. The van der Waals surface area contributed by atoms with Crippen LogP contribution in [0.1, 0.15) is 71.8 Å². The van der Waals surface area contributed by atoms with Crippen molar-refractivity contribution in [1.29, 1.82) is 0 Å². The summed E-state index contributed by atoms with van der Waals surface area (Å²) >= 11 is 0. The fourth-order valence-corrected chi connectivity index (χ4v) is 3.83. The number of ether oxygens (including phenoxy) is 5. The molecule has 1 aromatic carbocycles. The lowest BCUT2D eigenvalue weighted by Crippen LogP contribution is -2.60. The van der Waals surface area contributed by atoms with Crippen molar-refractivity contribution in [2.45, 2.75) is 103 Å². The van der Waals surface area contributed by atoms with Crippen LogP contribution >= 0.6 is 0 Å². The maximum atomic E-state index is 13.1. The molecular weight excluding hydrogens is 498 g/mol. The van der Waals surface area contributed by atoms with Crippen LogP contribution in [-0.4, -0.2) is 65.7 Å². The highest BCUT2D eigenvalue weighted by molar-refractivity contribution is 5.80. The normalized spacial score (nSPS) is 22.6. The van der Waals surface area contributed by atoms with Crippen molar-refractivity contribution in [2.75, 3.05) is 6.61 Å². The highest BCUT2D eigenvalue weighted by Crippen LogP contribution is 2.28. The first-order chi connectivity index (χ1) is 18.0. The van der Waals surface area contributed by atoms with Gasteiger partial charge >= 0.3 is 23.9 Å². The van der Waals surface area contributed by atoms with Gasteiger partial charge in [-0.3, -0.25) is 14.4 Å². The zero-order valence-corrected chi connectivity index (χ0v) is 22.5. The molecule has 3 N–H and O–H groups in total. The molecule has 0 amide bonds. The van der Waals surface area contributed by atoms with Gasteiger partial charge in [-0.05, 0) is 43.9 Å². The Balaban J connectivity index is 2.30. The molecule has 0 radical (unpaired) electrons. The Morgan fingerprint density at radius 3 is 1.89 bits per heavy atom. The molecule has 0 aliphatic carbocycles. The molecule has 1 aliphatic rings. The molecule has 0 spiro atoms. The van der Waals surface area contributed by atoms with Crippen molar-refractivity contribution in [3.63, 3.8) is 0 Å². The van der Waals surface area contributed by atoms with E-state index in [4.69, 9.17) is 29.4 Å². The Labute approximate surface area is 222 Å². The molecule has 0 bridgehead atoms. The second-order valence-electron chi connectivity index (χ2n) is 9.55. The van der Waals surface area contributed by atoms with E-state index in [-0.39, 0.29) is 38.0 Å². The summed E-state index contributed by atoms with van der Waals surface area (Å²) in [7, 11) is 0. The minimum atomic E-state index is -1.52. The molecule has 1 fully saturated rings. The molecular formula is C27H39NO10. The molecule has 5 atom stereocenters. The number of aromatic hydroxyl groups is 1. The molecule has 2 rings (SSSR count). The van der Waals surface area contributed by atoms with Crippen molar-refractivity contribution >= 4 is 23.9 Å². The van der Waals surface area contributed by atoms with Gasteiger partial charge in [-0.1, -0.05) is 32.9 Å². The molecule has 11 heteroatoms. The number of hydrogen-bond donors (Lipinski definition) is 2. The molecule has 1 saturated heterocycles. The van der Waals surface area contributed by atoms with E-state index in [2.05, 4.69) is 0 Å². The van der Waals surface area contributed by atoms with Gasteiger partial charge in [0.05, 0.1) is 6.61 Å². The summed E-state index contributed by atoms with van der Waals surface area (Å²) in [4.78, 5) is 50.3. The predicted molar refractivity (Wildman–Crippen MR) is 135 cm³/mol. The van der Waals surface area contributed by atoms with E-state index in [1.165, 1.54) is 19.1 Å². The summed E-state index contributed by atoms with van der Waals surface area (Å²) in [6, 6.07) is 6.19. The lowest BCUT2D eigenvalue weighted by atomic mass is 9.94. The molecule has 2 unspecified atom stereocenters. The standard InChI is InChI=1S/C27H39NO10/c1-5-8-20(30)35-19-16-34-25(24(37-22(32)10-7-3)23(19)36-21(31)9-6-2)38-26(33)27(4,28)15-17-11-13-18(29)14-12-17/h11-14,19,23-25,29H,5-10,15-16,28H2,1-4H3/t19?,23-,24+,25-,27?/m0/s1. The molecule has 1 heterocycles. The third-order valence-electron chi connectivity index (χ3n) is 5.76. The lowest BCUT2D eigenvalue weighted by molar-refractivity contribution is -0.277. The number of phenolic OH excluding ortho intramolecular Hbond substituents is 1. The summed E-state index contributed by atoms with van der Waals surface area (Å²) in [5, 5.41) is 9.50. The molecule has 0 aromatic heterocycles. The number of carbonyl (C=O) groups is 4. The number of carbonyl (C=O) groups excluding carboxylic acids is 4. The first-order valence-corrected chi connectivity index (χ1v) is 13.0. The number of rotatable bonds is 13. The summed E-state index contributed by atoms with van der Waals surface area (Å²) in [5.74, 6) is -2.53. The maximum absolute atomic E-state index is 13.1. The van der Waals surface area contributed by atoms with Gasteiger partial charge in [-0.15, -0.1) is 0 Å². The van der Waals surface area contributed by atoms with Crippen LogP contribution in [0, 0.1) is 0 Å². The number of benzene rings is 1. The number of esters is 4. The predicted octanol–water partition coefficient (Wildman–Crippen LogP) is 2.69. The van der Waals surface area contributed by atoms with E-state index in [1.54, 1.807) is 26.0 Å². The Kier molecular flexibility index (Phi) is 12.0. The summed E-state index contributed by atoms with van der Waals surface area (Å²) in [6.45, 7) is 6.59. The van der Waals surface area contributed by atoms with Crippen molar-refractivity contribution in [3.05, 3.63) is 29.8 Å². The first-order valence-electron chi connectivity index (χ1n) is 13.0. The number of hydrogen-bond acceptors (Lipinski definition) is 11. The Hall–Kier alpha value is -3.18. The highest BCUT2D eigenvalue weighted by Gasteiger charge is 2.50. The van der Waals surface area contributed by atoms with Gasteiger partial charge in [0.15, 0.2) is 12.2 Å². The van der Waals surface area contributed by atoms with Crippen LogP contribution in [0.4, 0.5) is 0 Å². The van der Waals surface area contributed by atoms with Crippen molar-refractivity contribution in [2.24, 2.45) is 5.73 Å². The summed E-state index contributed by atoms with van der Waals surface area (Å²) in [5.41, 5.74) is 5.43. The van der Waals surface area contributed by atoms with Crippen molar-refractivity contribution in [1.82, 2.24) is 0 Å². The van der Waals surface area contributed by atoms with Crippen LogP contribution in [0.5, 0.6) is 5.75 Å². The Bertz CT molecular complexity index is 946. The summed E-state index contributed by atoms with van der Waals surface area (Å²) < 4.78 is 27.9. The van der Waals surface area contributed by atoms with Crippen LogP contribution in [0.15, 0.2) is 24.3 Å². The number of nitrogens with two attached hydrogens (primary N) is 1. The van der Waals surface area contributed by atoms with E-state index in [1.807, 2.05) is 6.92 Å². The Morgan fingerprint density at radius 1 is 0.868 bits per heavy atom. The van der Waals surface area contributed by atoms with Crippen LogP contribution < -0.4 is 5.73 Å². The lowest BCUT2D eigenvalue weighted by Gasteiger charge is -2.40. The monoisotopic (exact) mass is 537 g/mol. The van der Waals surface area contributed by atoms with Crippen LogP contribution in [-0.2, 0) is 49.3 Å². The van der Waals surface area contributed by atoms with Gasteiger partial charge < -0.3 is 34.5 Å². The largest absolute Gasteiger partial charge is 0.508 e. The third kappa shape index (κ3) is 9.29. The topological polar surface area (TPSA) is 161 Å². The van der Waals surface area contributed by atoms with Crippen LogP contribution in [0.25, 0.3) is 0 Å². The zero-order valence-electron chi connectivity index (χ0n) is 22.5. The molecule has 1 aliphatic heterocycles. The quantitative estimate of drug-likeness (QED) is 0.281. The third-order valence-corrected chi connectivity index (χ3v) is 5.76. The van der Waals surface area contributed by atoms with Crippen molar-refractivity contribution < 1.29 is 48.0 Å². The SMILES string of the molecule is CCCC(=O)OC1CO[C@@H](OC(=O)C(C)(N)Cc2ccc(O)cc2)[C@H](OC(=O)CCC)[C@H]1OC(=O)CCC. The molecule has 38 heavy (non-hydrogen) atoms. The fraction of sp³-hybridized carbons (Fsp3) is 0.630. The summed E-state index contributed by atoms with van der Waals surface area (Å²) in [6.07, 6.45) is -3.32. The molecule has 0 saturated carbocycles. The van der Waals surface area contributed by atoms with E-state index >= 15 is 0 Å². The van der Waals surface area contributed by atoms with Crippen LogP contribution in [0.2, 0.25) is 0 Å². The van der Waals surface area contributed by atoms with Crippen molar-refractivity contribution in [3.8, 4) is 5.75 Å². The zero-order chi connectivity index (χ0) is 28.3. The number of phenols is 1. The van der Waals surface area contributed by atoms with E-state index < -0.39 is 54.0 Å². The van der Waals surface area contributed by atoms with Gasteiger partial charge in [-0.25, -0.2) is 4.79 Å². The van der Waals surface area contributed by atoms with Gasteiger partial charge in [0, 0.05) is 25.7 Å². The Morgan fingerprint density at radius 2 is 1.37 bits per heavy atom. The second kappa shape index (κ2) is 14.7. The molecule has 212 valence electrons. The molecule has 1 aromatic rings. The first kappa shape index (κ1) is 31.0. The van der Waals surface area contributed by atoms with Gasteiger partial charge in [-0.2, -0.15) is 0 Å². The maximum Gasteiger partial charge on any atom is 0.328 e. The van der Waals surface area contributed by atoms with E-state index in [0.717, 1.165) is 0 Å². The minimum Gasteiger partial charge on any atom is -0.508 e. The fourth-order valence-electron chi connectivity index (χ4n) is 3.83. The van der Waals surface area contributed by atoms with E-state index in [0.29, 0.717) is 24.8 Å². The smallest absolute Gasteiger partial charge is 0.328 e. The highest BCUT2D eigenvalue weighted by atomic mass is 16.7. The van der Waals surface area contributed by atoms with Gasteiger partial charge in [0.1, 0.15) is 11.3 Å². The minimum absolute atomic E-state index is 0.0581. The van der Waals surface area contributed by atoms with E-state index in [9.17, 15) is 24.3 Å². The second-order valence-corrected chi connectivity index (χ2v) is 9.55. The van der Waals surface area contributed by atoms with Gasteiger partial charge in [0.2, 0.25) is 12.4 Å². The van der Waals surface area contributed by atoms with Gasteiger partial charge in [0.25, 0.3) is 0 Å².